The van der Waals surface area contributed by atoms with Crippen molar-refractivity contribution < 1.29 is 13.6 Å². The highest BCUT2D eigenvalue weighted by atomic mass is 32.2. The zero-order chi connectivity index (χ0) is 19.2. The molecule has 0 unspecified atom stereocenters. The zero-order valence-corrected chi connectivity index (χ0v) is 16.0. The first-order valence-electron chi connectivity index (χ1n) is 8.60. The van der Waals surface area contributed by atoms with Gasteiger partial charge in [0, 0.05) is 18.7 Å². The molecule has 1 aromatic heterocycles. The van der Waals surface area contributed by atoms with E-state index in [2.05, 4.69) is 10.2 Å². The summed E-state index contributed by atoms with van der Waals surface area (Å²) in [6, 6.07) is 14.1. The number of rotatable bonds is 7. The number of carbonyl (C=O) groups excluding carboxylic acids is 1. The fraction of sp³-hybridized carbons (Fsp3) is 0.250. The van der Waals surface area contributed by atoms with E-state index in [1.165, 1.54) is 23.9 Å². The van der Waals surface area contributed by atoms with Crippen LogP contribution in [0, 0.1) is 12.7 Å². The lowest BCUT2D eigenvalue weighted by molar-refractivity contribution is -0.128. The van der Waals surface area contributed by atoms with Gasteiger partial charge in [0.15, 0.2) is 0 Å². The molecular formula is C20H20FN3O2S. The first kappa shape index (κ1) is 19.1. The van der Waals surface area contributed by atoms with Crippen molar-refractivity contribution in [3.05, 3.63) is 65.5 Å². The number of hydrogen-bond donors (Lipinski definition) is 0. The van der Waals surface area contributed by atoms with Crippen LogP contribution in [0.25, 0.3) is 11.5 Å². The normalized spacial score (nSPS) is 10.8. The number of nitrogens with zero attached hydrogens (tertiary/aromatic N) is 3. The van der Waals surface area contributed by atoms with E-state index >= 15 is 0 Å². The van der Waals surface area contributed by atoms with Gasteiger partial charge in [0.05, 0.1) is 5.75 Å². The molecule has 0 saturated carbocycles. The first-order valence-corrected chi connectivity index (χ1v) is 9.59. The van der Waals surface area contributed by atoms with Crippen LogP contribution in [-0.2, 0) is 11.3 Å². The number of benzene rings is 2. The second-order valence-electron chi connectivity index (χ2n) is 6.07. The maximum absolute atomic E-state index is 13.3. The van der Waals surface area contributed by atoms with Gasteiger partial charge < -0.3 is 9.32 Å². The molecule has 5 nitrogen and oxygen atoms in total. The Labute approximate surface area is 161 Å². The highest BCUT2D eigenvalue weighted by Gasteiger charge is 2.16. The fourth-order valence-corrected chi connectivity index (χ4v) is 3.19. The summed E-state index contributed by atoms with van der Waals surface area (Å²) in [4.78, 5) is 14.1. The number of carbonyl (C=O) groups is 1. The summed E-state index contributed by atoms with van der Waals surface area (Å²) in [5.74, 6) is 0.234. The van der Waals surface area contributed by atoms with Crippen molar-refractivity contribution in [2.75, 3.05) is 12.3 Å². The lowest BCUT2D eigenvalue weighted by Crippen LogP contribution is -2.31. The molecule has 0 aliphatic carbocycles. The molecule has 7 heteroatoms. The van der Waals surface area contributed by atoms with Gasteiger partial charge in [-0.05, 0) is 43.7 Å². The van der Waals surface area contributed by atoms with Crippen LogP contribution in [0.5, 0.6) is 0 Å². The van der Waals surface area contributed by atoms with Crippen LogP contribution in [0.1, 0.15) is 18.1 Å². The third kappa shape index (κ3) is 5.17. The summed E-state index contributed by atoms with van der Waals surface area (Å²) >= 11 is 1.20. The van der Waals surface area contributed by atoms with Crippen LogP contribution >= 0.6 is 11.8 Å². The Morgan fingerprint density at radius 1 is 1.19 bits per heavy atom. The van der Waals surface area contributed by atoms with E-state index in [0.717, 1.165) is 16.7 Å². The number of halogens is 1. The SMILES string of the molecule is CCN(Cc1cccc(F)c1)C(=O)CSc1nnc(-c2ccc(C)cc2)o1. The summed E-state index contributed by atoms with van der Waals surface area (Å²) in [5, 5.41) is 8.37. The zero-order valence-electron chi connectivity index (χ0n) is 15.2. The molecule has 0 saturated heterocycles. The Bertz CT molecular complexity index is 912. The van der Waals surface area contributed by atoms with Crippen molar-refractivity contribution in [2.24, 2.45) is 0 Å². The molecule has 140 valence electrons. The van der Waals surface area contributed by atoms with Crippen molar-refractivity contribution in [3.8, 4) is 11.5 Å². The summed E-state index contributed by atoms with van der Waals surface area (Å²) in [5.41, 5.74) is 2.75. The van der Waals surface area contributed by atoms with Gasteiger partial charge in [-0.3, -0.25) is 4.79 Å². The molecule has 2 aromatic carbocycles. The van der Waals surface area contributed by atoms with Crippen LogP contribution in [0.2, 0.25) is 0 Å². The first-order chi connectivity index (χ1) is 13.0. The Kier molecular flexibility index (Phi) is 6.24. The molecule has 0 aliphatic rings. The molecule has 27 heavy (non-hydrogen) atoms. The minimum Gasteiger partial charge on any atom is -0.411 e. The molecule has 0 fully saturated rings. The summed E-state index contributed by atoms with van der Waals surface area (Å²) < 4.78 is 18.9. The van der Waals surface area contributed by atoms with Gasteiger partial charge in [0.1, 0.15) is 5.82 Å². The number of hydrogen-bond acceptors (Lipinski definition) is 5. The lowest BCUT2D eigenvalue weighted by atomic mass is 10.1. The second-order valence-corrected chi connectivity index (χ2v) is 6.99. The van der Waals surface area contributed by atoms with Crippen molar-refractivity contribution in [3.63, 3.8) is 0 Å². The molecule has 3 aromatic rings. The third-order valence-corrected chi connectivity index (χ3v) is 4.82. The van der Waals surface area contributed by atoms with Crippen LogP contribution in [0.4, 0.5) is 4.39 Å². The van der Waals surface area contributed by atoms with Gasteiger partial charge >= 0.3 is 0 Å². The lowest BCUT2D eigenvalue weighted by Gasteiger charge is -2.20. The third-order valence-electron chi connectivity index (χ3n) is 4.02. The molecule has 0 N–H and O–H groups in total. The van der Waals surface area contributed by atoms with E-state index < -0.39 is 0 Å². The number of aromatic nitrogens is 2. The van der Waals surface area contributed by atoms with E-state index in [1.807, 2.05) is 38.1 Å². The number of aryl methyl sites for hydroxylation is 1. The molecule has 3 rings (SSSR count). The molecule has 1 heterocycles. The van der Waals surface area contributed by atoms with Crippen molar-refractivity contribution in [2.45, 2.75) is 25.6 Å². The van der Waals surface area contributed by atoms with Crippen LogP contribution in [0.3, 0.4) is 0 Å². The molecule has 0 bridgehead atoms. The Hall–Kier alpha value is -2.67. The largest absolute Gasteiger partial charge is 0.411 e. The Morgan fingerprint density at radius 2 is 1.96 bits per heavy atom. The van der Waals surface area contributed by atoms with Crippen molar-refractivity contribution in [1.29, 1.82) is 0 Å². The second kappa shape index (κ2) is 8.81. The van der Waals surface area contributed by atoms with Gasteiger partial charge in [-0.15, -0.1) is 10.2 Å². The quantitative estimate of drug-likeness (QED) is 0.567. The van der Waals surface area contributed by atoms with Crippen LogP contribution in [-0.4, -0.2) is 33.3 Å². The van der Waals surface area contributed by atoms with Gasteiger partial charge in [-0.2, -0.15) is 0 Å². The molecule has 0 atom stereocenters. The highest BCUT2D eigenvalue weighted by Crippen LogP contribution is 2.23. The van der Waals surface area contributed by atoms with E-state index in [9.17, 15) is 9.18 Å². The van der Waals surface area contributed by atoms with Gasteiger partial charge in [0.25, 0.3) is 5.22 Å². The molecule has 0 aliphatic heterocycles. The molecule has 1 amide bonds. The smallest absolute Gasteiger partial charge is 0.277 e. The predicted molar refractivity (Wildman–Crippen MR) is 103 cm³/mol. The van der Waals surface area contributed by atoms with E-state index in [-0.39, 0.29) is 17.5 Å². The minimum absolute atomic E-state index is 0.0677. The van der Waals surface area contributed by atoms with Gasteiger partial charge in [0.2, 0.25) is 11.8 Å². The van der Waals surface area contributed by atoms with E-state index in [1.54, 1.807) is 17.0 Å². The maximum Gasteiger partial charge on any atom is 0.277 e. The van der Waals surface area contributed by atoms with Gasteiger partial charge in [-0.25, -0.2) is 4.39 Å². The van der Waals surface area contributed by atoms with Crippen molar-refractivity contribution >= 4 is 17.7 Å². The van der Waals surface area contributed by atoms with Crippen molar-refractivity contribution in [1.82, 2.24) is 15.1 Å². The summed E-state index contributed by atoms with van der Waals surface area (Å²) in [6.07, 6.45) is 0. The average molecular weight is 385 g/mol. The standard InChI is InChI=1S/C20H20FN3O2S/c1-3-24(12-15-5-4-6-17(21)11-15)18(25)13-27-20-23-22-19(26-20)16-9-7-14(2)8-10-16/h4-11H,3,12-13H2,1-2H3. The average Bonchev–Trinajstić information content (AvgIpc) is 3.14. The predicted octanol–water partition coefficient (Wildman–Crippen LogP) is 4.32. The Morgan fingerprint density at radius 3 is 2.67 bits per heavy atom. The monoisotopic (exact) mass is 385 g/mol. The minimum atomic E-state index is -0.306. The molecule has 0 spiro atoms. The summed E-state index contributed by atoms with van der Waals surface area (Å²) in [7, 11) is 0. The highest BCUT2D eigenvalue weighted by molar-refractivity contribution is 7.99. The van der Waals surface area contributed by atoms with Crippen LogP contribution < -0.4 is 0 Å². The number of amides is 1. The van der Waals surface area contributed by atoms with Gasteiger partial charge in [-0.1, -0.05) is 41.6 Å². The molecular weight excluding hydrogens is 365 g/mol. The fourth-order valence-electron chi connectivity index (χ4n) is 2.53. The van der Waals surface area contributed by atoms with E-state index in [0.29, 0.717) is 24.2 Å². The topological polar surface area (TPSA) is 59.2 Å². The summed E-state index contributed by atoms with van der Waals surface area (Å²) in [6.45, 7) is 4.80. The Balaban J connectivity index is 1.58. The number of thioether (sulfide) groups is 1. The molecule has 0 radical (unpaired) electrons. The maximum atomic E-state index is 13.3. The van der Waals surface area contributed by atoms with Crippen LogP contribution in [0.15, 0.2) is 58.2 Å². The van der Waals surface area contributed by atoms with E-state index in [4.69, 9.17) is 4.42 Å².